The Morgan fingerprint density at radius 1 is 1.24 bits per heavy atom. The number of rotatable bonds is 7. The van der Waals surface area contributed by atoms with Crippen LogP contribution < -0.4 is 10.2 Å². The summed E-state index contributed by atoms with van der Waals surface area (Å²) in [6.07, 6.45) is 3.92. The van der Waals surface area contributed by atoms with Gasteiger partial charge in [0.25, 0.3) is 0 Å². The third-order valence-corrected chi connectivity index (χ3v) is 5.55. The number of aromatic nitrogens is 3. The maximum absolute atomic E-state index is 12.4. The van der Waals surface area contributed by atoms with E-state index in [1.54, 1.807) is 30.5 Å². The highest BCUT2D eigenvalue weighted by atomic mass is 32.2. The number of nitrogens with zero attached hydrogens (tertiary/aromatic N) is 5. The molecule has 1 aromatic carbocycles. The summed E-state index contributed by atoms with van der Waals surface area (Å²) in [5.74, 6) is 1.64. The summed E-state index contributed by atoms with van der Waals surface area (Å²) >= 11 is 1.33. The maximum atomic E-state index is 12.4. The fraction of sp³-hybridized carbons (Fsp3) is 0.300. The third-order valence-electron chi connectivity index (χ3n) is 4.59. The second-order valence-electron chi connectivity index (χ2n) is 6.67. The lowest BCUT2D eigenvalue weighted by atomic mass is 10.2. The van der Waals surface area contributed by atoms with Crippen molar-refractivity contribution in [3.63, 3.8) is 0 Å². The van der Waals surface area contributed by atoms with Gasteiger partial charge in [0, 0.05) is 18.8 Å². The van der Waals surface area contributed by atoms with Crippen LogP contribution in [0.3, 0.4) is 0 Å². The summed E-state index contributed by atoms with van der Waals surface area (Å²) in [6, 6.07) is 12.7. The van der Waals surface area contributed by atoms with Crippen LogP contribution >= 0.6 is 11.8 Å². The molecule has 1 amide bonds. The van der Waals surface area contributed by atoms with E-state index in [0.29, 0.717) is 23.0 Å². The quantitative estimate of drug-likeness (QED) is 0.600. The second-order valence-corrected chi connectivity index (χ2v) is 7.61. The first-order chi connectivity index (χ1) is 14.2. The molecular formula is C20H20N6O2S. The molecule has 9 heteroatoms. The van der Waals surface area contributed by atoms with Crippen LogP contribution in [0.2, 0.25) is 0 Å². The Morgan fingerprint density at radius 3 is 2.86 bits per heavy atom. The molecule has 0 atom stereocenters. The molecule has 1 saturated heterocycles. The molecule has 0 spiro atoms. The average Bonchev–Trinajstić information content (AvgIpc) is 3.49. The van der Waals surface area contributed by atoms with Crippen molar-refractivity contribution in [2.45, 2.75) is 24.5 Å². The van der Waals surface area contributed by atoms with E-state index < -0.39 is 0 Å². The van der Waals surface area contributed by atoms with Crippen LogP contribution in [0.4, 0.5) is 11.6 Å². The molecule has 0 aliphatic carbocycles. The van der Waals surface area contributed by atoms with Crippen molar-refractivity contribution >= 4 is 29.3 Å². The number of anilines is 2. The fourth-order valence-corrected chi connectivity index (χ4v) is 3.96. The van der Waals surface area contributed by atoms with E-state index in [4.69, 9.17) is 9.68 Å². The van der Waals surface area contributed by atoms with Gasteiger partial charge in [-0.15, -0.1) is 10.2 Å². The van der Waals surface area contributed by atoms with E-state index in [1.807, 2.05) is 16.7 Å². The molecular weight excluding hydrogens is 388 g/mol. The largest absolute Gasteiger partial charge is 0.467 e. The zero-order chi connectivity index (χ0) is 20.1. The van der Waals surface area contributed by atoms with Gasteiger partial charge in [0.2, 0.25) is 11.9 Å². The fourth-order valence-electron chi connectivity index (χ4n) is 3.23. The molecule has 0 unspecified atom stereocenters. The normalized spacial score (nSPS) is 13.4. The lowest BCUT2D eigenvalue weighted by Crippen LogP contribution is -2.22. The van der Waals surface area contributed by atoms with Crippen molar-refractivity contribution < 1.29 is 9.21 Å². The first-order valence-electron chi connectivity index (χ1n) is 9.36. The van der Waals surface area contributed by atoms with Crippen molar-refractivity contribution in [1.29, 1.82) is 5.26 Å². The van der Waals surface area contributed by atoms with Crippen molar-refractivity contribution in [3.05, 3.63) is 54.0 Å². The Bertz CT molecular complexity index is 1020. The zero-order valence-corrected chi connectivity index (χ0v) is 16.6. The molecule has 3 heterocycles. The molecule has 148 valence electrons. The van der Waals surface area contributed by atoms with Crippen LogP contribution in [0, 0.1) is 11.3 Å². The topological polar surface area (TPSA) is 100.0 Å². The lowest BCUT2D eigenvalue weighted by molar-refractivity contribution is -0.113. The number of carbonyl (C=O) groups is 1. The molecule has 3 aromatic rings. The smallest absolute Gasteiger partial charge is 0.234 e. The summed E-state index contributed by atoms with van der Waals surface area (Å²) in [6.45, 7) is 2.42. The highest BCUT2D eigenvalue weighted by molar-refractivity contribution is 7.99. The zero-order valence-electron chi connectivity index (χ0n) is 15.7. The number of amides is 1. The van der Waals surface area contributed by atoms with Crippen molar-refractivity contribution in [2.75, 3.05) is 29.1 Å². The number of nitriles is 1. The summed E-state index contributed by atoms with van der Waals surface area (Å²) in [5, 5.41) is 21.2. The van der Waals surface area contributed by atoms with Gasteiger partial charge in [-0.05, 0) is 43.2 Å². The number of hydrogen-bond donors (Lipinski definition) is 1. The van der Waals surface area contributed by atoms with Gasteiger partial charge >= 0.3 is 0 Å². The van der Waals surface area contributed by atoms with Crippen LogP contribution in [0.1, 0.15) is 24.2 Å². The summed E-state index contributed by atoms with van der Waals surface area (Å²) in [7, 11) is 0. The minimum atomic E-state index is -0.166. The van der Waals surface area contributed by atoms with Crippen LogP contribution in [0.15, 0.2) is 52.2 Å². The first kappa shape index (κ1) is 19.1. The molecule has 1 N–H and O–H groups in total. The van der Waals surface area contributed by atoms with Crippen LogP contribution in [-0.2, 0) is 11.3 Å². The lowest BCUT2D eigenvalue weighted by Gasteiger charge is -2.17. The van der Waals surface area contributed by atoms with Gasteiger partial charge < -0.3 is 14.6 Å². The van der Waals surface area contributed by atoms with E-state index in [1.165, 1.54) is 11.8 Å². The maximum Gasteiger partial charge on any atom is 0.234 e. The number of carbonyl (C=O) groups excluding carboxylic acids is 1. The Kier molecular flexibility index (Phi) is 5.81. The molecule has 2 aromatic heterocycles. The van der Waals surface area contributed by atoms with Gasteiger partial charge in [0.15, 0.2) is 5.16 Å². The minimum absolute atomic E-state index is 0.166. The molecule has 4 rings (SSSR count). The standard InChI is InChI=1S/C20H20N6O2S/c21-12-15-5-3-6-16(11-15)22-18(27)14-29-20-24-23-19(25-8-1-2-9-25)26(20)13-17-7-4-10-28-17/h3-7,10-11H,1-2,8-9,13-14H2,(H,22,27). The van der Waals surface area contributed by atoms with Gasteiger partial charge in [-0.1, -0.05) is 17.8 Å². The van der Waals surface area contributed by atoms with E-state index in [0.717, 1.165) is 37.6 Å². The molecule has 8 nitrogen and oxygen atoms in total. The first-order valence-corrected chi connectivity index (χ1v) is 10.3. The Morgan fingerprint density at radius 2 is 2.10 bits per heavy atom. The van der Waals surface area contributed by atoms with Crippen LogP contribution in [0.25, 0.3) is 0 Å². The Hall–Kier alpha value is -3.25. The average molecular weight is 408 g/mol. The van der Waals surface area contributed by atoms with Gasteiger partial charge in [-0.2, -0.15) is 5.26 Å². The number of nitrogens with one attached hydrogen (secondary N) is 1. The molecule has 0 bridgehead atoms. The predicted molar refractivity (Wildman–Crippen MR) is 110 cm³/mol. The molecule has 0 saturated carbocycles. The Labute approximate surface area is 172 Å². The van der Waals surface area contributed by atoms with E-state index in [2.05, 4.69) is 26.5 Å². The second kappa shape index (κ2) is 8.84. The van der Waals surface area contributed by atoms with E-state index in [-0.39, 0.29) is 11.7 Å². The summed E-state index contributed by atoms with van der Waals surface area (Å²) in [4.78, 5) is 14.6. The van der Waals surface area contributed by atoms with E-state index in [9.17, 15) is 4.79 Å². The SMILES string of the molecule is N#Cc1cccc(NC(=O)CSc2nnc(N3CCCC3)n2Cc2ccco2)c1. The van der Waals surface area contributed by atoms with Crippen LogP contribution in [0.5, 0.6) is 0 Å². The number of hydrogen-bond acceptors (Lipinski definition) is 7. The van der Waals surface area contributed by atoms with E-state index >= 15 is 0 Å². The van der Waals surface area contributed by atoms with Gasteiger partial charge in [-0.3, -0.25) is 9.36 Å². The van der Waals surface area contributed by atoms with Gasteiger partial charge in [0.05, 0.1) is 30.2 Å². The molecule has 1 aliphatic heterocycles. The number of thioether (sulfide) groups is 1. The third kappa shape index (κ3) is 4.60. The van der Waals surface area contributed by atoms with Gasteiger partial charge in [-0.25, -0.2) is 0 Å². The predicted octanol–water partition coefficient (Wildman–Crippen LogP) is 3.12. The summed E-state index contributed by atoms with van der Waals surface area (Å²) < 4.78 is 7.49. The van der Waals surface area contributed by atoms with Crippen molar-refractivity contribution in [1.82, 2.24) is 14.8 Å². The summed E-state index contributed by atoms with van der Waals surface area (Å²) in [5.41, 5.74) is 1.10. The molecule has 29 heavy (non-hydrogen) atoms. The molecule has 1 fully saturated rings. The van der Waals surface area contributed by atoms with Gasteiger partial charge in [0.1, 0.15) is 5.76 Å². The molecule has 0 radical (unpaired) electrons. The highest BCUT2D eigenvalue weighted by Gasteiger charge is 2.22. The van der Waals surface area contributed by atoms with Crippen molar-refractivity contribution in [2.24, 2.45) is 0 Å². The monoisotopic (exact) mass is 408 g/mol. The minimum Gasteiger partial charge on any atom is -0.467 e. The number of benzene rings is 1. The Balaban J connectivity index is 1.46. The van der Waals surface area contributed by atoms with Crippen LogP contribution in [-0.4, -0.2) is 39.5 Å². The van der Waals surface area contributed by atoms with Crippen molar-refractivity contribution in [3.8, 4) is 6.07 Å². The number of furan rings is 1. The highest BCUT2D eigenvalue weighted by Crippen LogP contribution is 2.26. The molecule has 1 aliphatic rings.